The number of benzene rings is 2. The molecule has 108 valence electrons. The molecule has 0 radical (unpaired) electrons. The Morgan fingerprint density at radius 2 is 1.67 bits per heavy atom. The summed E-state index contributed by atoms with van der Waals surface area (Å²) < 4.78 is 34.3. The second kappa shape index (κ2) is 8.77. The van der Waals surface area contributed by atoms with Crippen LogP contribution in [0.5, 0.6) is 0 Å². The number of hydrogen-bond acceptors (Lipinski definition) is 3. The summed E-state index contributed by atoms with van der Waals surface area (Å²) in [6.45, 7) is 2.15. The molecule has 0 aliphatic heterocycles. The van der Waals surface area contributed by atoms with Crippen LogP contribution in [0.3, 0.4) is 0 Å². The fourth-order valence-electron chi connectivity index (χ4n) is 2.54. The molecule has 0 unspecified atom stereocenters. The molecule has 0 atom stereocenters. The van der Waals surface area contributed by atoms with Gasteiger partial charge in [-0.15, -0.1) is 0 Å². The van der Waals surface area contributed by atoms with Crippen molar-refractivity contribution in [1.82, 2.24) is 0 Å². The van der Waals surface area contributed by atoms with E-state index in [-0.39, 0.29) is 56.3 Å². The van der Waals surface area contributed by atoms with Crippen LogP contribution in [0.15, 0.2) is 41.3 Å². The van der Waals surface area contributed by atoms with Crippen molar-refractivity contribution in [3.63, 3.8) is 0 Å². The maximum atomic E-state index is 11.4. The fraction of sp³-hybridized carbons (Fsp3) is 0.375. The van der Waals surface area contributed by atoms with E-state index in [0.717, 1.165) is 36.6 Å². The number of unbranched alkanes of at least 4 members (excludes halogenated alkanes) is 3. The zero-order valence-corrected chi connectivity index (χ0v) is 16.6. The van der Waals surface area contributed by atoms with Crippen molar-refractivity contribution in [3.05, 3.63) is 42.0 Å². The van der Waals surface area contributed by atoms with Crippen LogP contribution < -0.4 is 51.4 Å². The Balaban J connectivity index is 0.00000220. The summed E-state index contributed by atoms with van der Waals surface area (Å²) >= 11 is 0. The SMILES string of the molecule is CCCCCCc1cccc2cccc(S(=O)(=O)[O-])c12.[K+]. The zero-order valence-electron chi connectivity index (χ0n) is 12.6. The molecule has 21 heavy (non-hydrogen) atoms. The summed E-state index contributed by atoms with van der Waals surface area (Å²) in [5, 5.41) is 1.41. The first-order valence-corrected chi connectivity index (χ1v) is 8.41. The van der Waals surface area contributed by atoms with E-state index in [1.165, 1.54) is 12.5 Å². The van der Waals surface area contributed by atoms with Gasteiger partial charge in [0.1, 0.15) is 10.1 Å². The normalized spacial score (nSPS) is 11.3. The van der Waals surface area contributed by atoms with E-state index in [1.807, 2.05) is 24.3 Å². The third-order valence-corrected chi connectivity index (χ3v) is 4.40. The van der Waals surface area contributed by atoms with Crippen LogP contribution in [0.2, 0.25) is 0 Å². The molecule has 0 saturated carbocycles. The maximum Gasteiger partial charge on any atom is 1.00 e. The molecular weight excluding hydrogens is 311 g/mol. The smallest absolute Gasteiger partial charge is 0.744 e. The Morgan fingerprint density at radius 3 is 2.29 bits per heavy atom. The van der Waals surface area contributed by atoms with E-state index >= 15 is 0 Å². The third-order valence-electron chi connectivity index (χ3n) is 3.52. The molecule has 0 bridgehead atoms. The number of hydrogen-bond donors (Lipinski definition) is 0. The van der Waals surface area contributed by atoms with Crippen LogP contribution in [-0.4, -0.2) is 13.0 Å². The molecule has 2 aromatic carbocycles. The van der Waals surface area contributed by atoms with Gasteiger partial charge in [0.05, 0.1) is 4.90 Å². The minimum Gasteiger partial charge on any atom is -0.744 e. The van der Waals surface area contributed by atoms with Crippen LogP contribution in [0.1, 0.15) is 38.2 Å². The van der Waals surface area contributed by atoms with Gasteiger partial charge in [-0.05, 0) is 29.9 Å². The molecule has 0 N–H and O–H groups in total. The molecule has 0 aliphatic carbocycles. The Kier molecular flexibility index (Phi) is 8.06. The quantitative estimate of drug-likeness (QED) is 0.449. The maximum absolute atomic E-state index is 11.4. The summed E-state index contributed by atoms with van der Waals surface area (Å²) in [5.41, 5.74) is 0.952. The molecule has 3 nitrogen and oxygen atoms in total. The van der Waals surface area contributed by atoms with Gasteiger partial charge >= 0.3 is 51.4 Å². The second-order valence-corrected chi connectivity index (χ2v) is 6.38. The Hall–Kier alpha value is 0.246. The molecule has 2 rings (SSSR count). The number of rotatable bonds is 6. The first kappa shape index (κ1) is 19.3. The van der Waals surface area contributed by atoms with Crippen LogP contribution in [0, 0.1) is 0 Å². The van der Waals surface area contributed by atoms with Crippen molar-refractivity contribution in [2.24, 2.45) is 0 Å². The number of fused-ring (bicyclic) bond motifs is 1. The van der Waals surface area contributed by atoms with Gasteiger partial charge < -0.3 is 4.55 Å². The van der Waals surface area contributed by atoms with E-state index in [9.17, 15) is 13.0 Å². The molecule has 2 aromatic rings. The molecule has 0 aliphatic rings. The summed E-state index contributed by atoms with van der Waals surface area (Å²) in [7, 11) is -4.44. The number of aryl methyl sites for hydroxylation is 1. The van der Waals surface area contributed by atoms with Crippen LogP contribution >= 0.6 is 0 Å². The molecule has 0 heterocycles. The second-order valence-electron chi connectivity index (χ2n) is 5.04. The van der Waals surface area contributed by atoms with E-state index < -0.39 is 10.1 Å². The summed E-state index contributed by atoms with van der Waals surface area (Å²) in [4.78, 5) is -0.0962. The van der Waals surface area contributed by atoms with Crippen LogP contribution in [0.25, 0.3) is 10.8 Å². The molecule has 5 heteroatoms. The minimum absolute atomic E-state index is 0. The van der Waals surface area contributed by atoms with E-state index in [2.05, 4.69) is 6.92 Å². The Bertz CT molecular complexity index is 690. The van der Waals surface area contributed by atoms with Gasteiger partial charge in [-0.2, -0.15) is 0 Å². The van der Waals surface area contributed by atoms with Crippen LogP contribution in [-0.2, 0) is 16.5 Å². The van der Waals surface area contributed by atoms with Gasteiger partial charge in [0.2, 0.25) is 0 Å². The van der Waals surface area contributed by atoms with E-state index in [4.69, 9.17) is 0 Å². The molecule has 0 fully saturated rings. The van der Waals surface area contributed by atoms with Crippen molar-refractivity contribution in [2.45, 2.75) is 43.9 Å². The van der Waals surface area contributed by atoms with Crippen molar-refractivity contribution in [3.8, 4) is 0 Å². The van der Waals surface area contributed by atoms with Crippen molar-refractivity contribution in [1.29, 1.82) is 0 Å². The van der Waals surface area contributed by atoms with Crippen molar-refractivity contribution < 1.29 is 64.4 Å². The van der Waals surface area contributed by atoms with Gasteiger partial charge in [-0.25, -0.2) is 8.42 Å². The predicted octanol–water partition coefficient (Wildman–Crippen LogP) is 0.871. The standard InChI is InChI=1S/C16H20O3S.K/c1-2-3-4-5-8-13-9-6-10-14-11-7-12-15(16(13)14)20(17,18)19;/h6-7,9-12H,2-5,8H2,1H3,(H,17,18,19);/q;+1/p-1. The monoisotopic (exact) mass is 330 g/mol. The molecule has 0 aromatic heterocycles. The van der Waals surface area contributed by atoms with Crippen LogP contribution in [0.4, 0.5) is 0 Å². The summed E-state index contributed by atoms with van der Waals surface area (Å²) in [6.07, 6.45) is 5.29. The topological polar surface area (TPSA) is 57.2 Å². The third kappa shape index (κ3) is 5.13. The van der Waals surface area contributed by atoms with Gasteiger partial charge in [0.25, 0.3) is 0 Å². The Morgan fingerprint density at radius 1 is 1.00 bits per heavy atom. The molecule has 0 spiro atoms. The van der Waals surface area contributed by atoms with Gasteiger partial charge in [-0.3, -0.25) is 0 Å². The minimum atomic E-state index is -4.44. The predicted molar refractivity (Wildman–Crippen MR) is 79.8 cm³/mol. The summed E-state index contributed by atoms with van der Waals surface area (Å²) in [5.74, 6) is 0. The average Bonchev–Trinajstić information content (AvgIpc) is 2.42. The largest absolute Gasteiger partial charge is 1.00 e. The summed E-state index contributed by atoms with van der Waals surface area (Å²) in [6, 6.07) is 10.6. The van der Waals surface area contributed by atoms with Crippen molar-refractivity contribution >= 4 is 20.9 Å². The average molecular weight is 330 g/mol. The van der Waals surface area contributed by atoms with Crippen molar-refractivity contribution in [2.75, 3.05) is 0 Å². The Labute approximate surface area is 169 Å². The van der Waals surface area contributed by atoms with Gasteiger partial charge in [0, 0.05) is 5.39 Å². The van der Waals surface area contributed by atoms with Gasteiger partial charge in [0.15, 0.2) is 0 Å². The van der Waals surface area contributed by atoms with Gasteiger partial charge in [-0.1, -0.05) is 56.5 Å². The fourth-order valence-corrected chi connectivity index (χ4v) is 3.28. The molecule has 0 saturated heterocycles. The van der Waals surface area contributed by atoms with E-state index in [1.54, 1.807) is 6.07 Å². The first-order chi connectivity index (χ1) is 9.54. The zero-order chi connectivity index (χ0) is 14.6. The molecule has 0 amide bonds. The van der Waals surface area contributed by atoms with E-state index in [0.29, 0.717) is 5.39 Å². The first-order valence-electron chi connectivity index (χ1n) is 7.00. The molecular formula is C16H19KO3S.